The molecule has 126 valence electrons. The maximum Gasteiger partial charge on any atom is 0.165 e. The number of nitrogens with zero attached hydrogens (tertiary/aromatic N) is 2. The molecular weight excluding hydrogens is 329 g/mol. The molecule has 0 fully saturated rings. The van der Waals surface area contributed by atoms with Crippen molar-refractivity contribution in [1.82, 2.24) is 9.78 Å². The standard InChI is InChI=1S/C17H18FN3O2S/c1-23-15-5-4-12(9-13(15)18)11-19-17-10-14(16-3-2-8-24-16)20-21(17)6-7-22/h2-5,8-10,19,22H,6-7,11H2,1H3. The van der Waals surface area contributed by atoms with Crippen LogP contribution in [0.3, 0.4) is 0 Å². The number of nitrogens with one attached hydrogen (secondary N) is 1. The summed E-state index contributed by atoms with van der Waals surface area (Å²) in [5, 5.41) is 19.0. The number of thiophene rings is 1. The quantitative estimate of drug-likeness (QED) is 0.688. The third-order valence-corrected chi connectivity index (χ3v) is 4.45. The third kappa shape index (κ3) is 3.58. The average Bonchev–Trinajstić information content (AvgIpc) is 3.23. The number of benzene rings is 1. The first kappa shape index (κ1) is 16.5. The number of aliphatic hydroxyl groups excluding tert-OH is 1. The first-order chi connectivity index (χ1) is 11.7. The van der Waals surface area contributed by atoms with Crippen LogP contribution in [-0.2, 0) is 13.1 Å². The van der Waals surface area contributed by atoms with Gasteiger partial charge in [-0.2, -0.15) is 5.10 Å². The van der Waals surface area contributed by atoms with Crippen LogP contribution in [0.5, 0.6) is 5.75 Å². The van der Waals surface area contributed by atoms with Crippen molar-refractivity contribution in [1.29, 1.82) is 0 Å². The highest BCUT2D eigenvalue weighted by Crippen LogP contribution is 2.26. The summed E-state index contributed by atoms with van der Waals surface area (Å²) in [7, 11) is 1.44. The number of anilines is 1. The SMILES string of the molecule is COc1ccc(CNc2cc(-c3cccs3)nn2CCO)cc1F. The lowest BCUT2D eigenvalue weighted by atomic mass is 10.2. The number of halogens is 1. The number of rotatable bonds is 7. The van der Waals surface area contributed by atoms with E-state index < -0.39 is 0 Å². The smallest absolute Gasteiger partial charge is 0.165 e. The molecule has 0 bridgehead atoms. The molecule has 24 heavy (non-hydrogen) atoms. The first-order valence-corrected chi connectivity index (χ1v) is 8.38. The second-order valence-corrected chi connectivity index (χ2v) is 6.11. The van der Waals surface area contributed by atoms with E-state index in [1.807, 2.05) is 29.6 Å². The van der Waals surface area contributed by atoms with Gasteiger partial charge in [0.25, 0.3) is 0 Å². The summed E-state index contributed by atoms with van der Waals surface area (Å²) in [6.45, 7) is 0.837. The molecule has 0 spiro atoms. The van der Waals surface area contributed by atoms with Crippen LogP contribution in [0, 0.1) is 5.82 Å². The normalized spacial score (nSPS) is 10.8. The molecule has 0 aliphatic carbocycles. The monoisotopic (exact) mass is 347 g/mol. The Labute approximate surface area is 143 Å². The van der Waals surface area contributed by atoms with E-state index in [0.717, 1.165) is 22.0 Å². The van der Waals surface area contributed by atoms with Crippen LogP contribution in [0.15, 0.2) is 41.8 Å². The minimum atomic E-state index is -0.389. The van der Waals surface area contributed by atoms with Crippen molar-refractivity contribution in [3.8, 4) is 16.3 Å². The number of methoxy groups -OCH3 is 1. The number of ether oxygens (including phenoxy) is 1. The molecule has 2 N–H and O–H groups in total. The van der Waals surface area contributed by atoms with Crippen molar-refractivity contribution in [2.75, 3.05) is 19.0 Å². The topological polar surface area (TPSA) is 59.3 Å². The largest absolute Gasteiger partial charge is 0.494 e. The summed E-state index contributed by atoms with van der Waals surface area (Å²) in [6, 6.07) is 10.8. The summed E-state index contributed by atoms with van der Waals surface area (Å²) in [5.41, 5.74) is 1.64. The molecule has 2 aromatic heterocycles. The zero-order valence-corrected chi connectivity index (χ0v) is 14.0. The van der Waals surface area contributed by atoms with Crippen LogP contribution >= 0.6 is 11.3 Å². The Morgan fingerprint density at radius 1 is 1.33 bits per heavy atom. The summed E-state index contributed by atoms with van der Waals surface area (Å²) in [4.78, 5) is 1.06. The number of hydrogen-bond acceptors (Lipinski definition) is 5. The van der Waals surface area contributed by atoms with Gasteiger partial charge in [0, 0.05) is 12.6 Å². The van der Waals surface area contributed by atoms with Gasteiger partial charge < -0.3 is 15.2 Å². The number of aliphatic hydroxyl groups is 1. The number of aromatic nitrogens is 2. The van der Waals surface area contributed by atoms with E-state index in [1.165, 1.54) is 13.2 Å². The van der Waals surface area contributed by atoms with Crippen molar-refractivity contribution in [2.24, 2.45) is 0 Å². The van der Waals surface area contributed by atoms with Gasteiger partial charge in [-0.05, 0) is 29.1 Å². The maximum absolute atomic E-state index is 13.8. The zero-order valence-electron chi connectivity index (χ0n) is 13.2. The predicted molar refractivity (Wildman–Crippen MR) is 92.9 cm³/mol. The lowest BCUT2D eigenvalue weighted by Crippen LogP contribution is -2.10. The van der Waals surface area contributed by atoms with Crippen LogP contribution in [0.4, 0.5) is 10.2 Å². The third-order valence-electron chi connectivity index (χ3n) is 3.56. The van der Waals surface area contributed by atoms with E-state index in [9.17, 15) is 9.50 Å². The highest BCUT2D eigenvalue weighted by Gasteiger charge is 2.10. The molecule has 0 unspecified atom stereocenters. The van der Waals surface area contributed by atoms with Gasteiger partial charge in [0.05, 0.1) is 25.1 Å². The van der Waals surface area contributed by atoms with Crippen LogP contribution < -0.4 is 10.1 Å². The molecule has 0 aliphatic rings. The molecule has 1 aromatic carbocycles. The Bertz CT molecular complexity index is 802. The molecule has 3 aromatic rings. The van der Waals surface area contributed by atoms with Gasteiger partial charge in [-0.1, -0.05) is 12.1 Å². The molecule has 7 heteroatoms. The fourth-order valence-electron chi connectivity index (χ4n) is 2.38. The summed E-state index contributed by atoms with van der Waals surface area (Å²) in [6.07, 6.45) is 0. The van der Waals surface area contributed by atoms with Gasteiger partial charge in [0.2, 0.25) is 0 Å². The predicted octanol–water partition coefficient (Wildman–Crippen LogP) is 3.36. The lowest BCUT2D eigenvalue weighted by molar-refractivity contribution is 0.270. The van der Waals surface area contributed by atoms with Gasteiger partial charge in [-0.3, -0.25) is 0 Å². The molecule has 0 amide bonds. The second-order valence-electron chi connectivity index (χ2n) is 5.16. The minimum absolute atomic E-state index is 0.00257. The van der Waals surface area contributed by atoms with E-state index in [4.69, 9.17) is 4.74 Å². The van der Waals surface area contributed by atoms with Crippen molar-refractivity contribution in [3.05, 3.63) is 53.2 Å². The molecule has 0 radical (unpaired) electrons. The first-order valence-electron chi connectivity index (χ1n) is 7.50. The van der Waals surface area contributed by atoms with Gasteiger partial charge in [0.1, 0.15) is 11.5 Å². The Hall–Kier alpha value is -2.38. The fourth-order valence-corrected chi connectivity index (χ4v) is 3.06. The Kier molecular flexibility index (Phi) is 5.12. The van der Waals surface area contributed by atoms with Crippen LogP contribution in [0.25, 0.3) is 10.6 Å². The molecule has 0 aliphatic heterocycles. The van der Waals surface area contributed by atoms with Gasteiger partial charge in [-0.25, -0.2) is 9.07 Å². The molecule has 3 rings (SSSR count). The highest BCUT2D eigenvalue weighted by atomic mass is 32.1. The Morgan fingerprint density at radius 2 is 2.21 bits per heavy atom. The van der Waals surface area contributed by atoms with E-state index >= 15 is 0 Å². The number of hydrogen-bond donors (Lipinski definition) is 2. The molecule has 0 saturated heterocycles. The van der Waals surface area contributed by atoms with E-state index in [1.54, 1.807) is 22.1 Å². The summed E-state index contributed by atoms with van der Waals surface area (Å²) < 4.78 is 20.4. The van der Waals surface area contributed by atoms with Gasteiger partial charge in [0.15, 0.2) is 11.6 Å². The van der Waals surface area contributed by atoms with E-state index in [-0.39, 0.29) is 18.2 Å². The molecule has 0 saturated carbocycles. The minimum Gasteiger partial charge on any atom is -0.494 e. The zero-order chi connectivity index (χ0) is 16.9. The van der Waals surface area contributed by atoms with E-state index in [2.05, 4.69) is 10.4 Å². The van der Waals surface area contributed by atoms with E-state index in [0.29, 0.717) is 13.1 Å². The van der Waals surface area contributed by atoms with Crippen molar-refractivity contribution >= 4 is 17.2 Å². The highest BCUT2D eigenvalue weighted by molar-refractivity contribution is 7.13. The Morgan fingerprint density at radius 3 is 2.88 bits per heavy atom. The molecule has 2 heterocycles. The van der Waals surface area contributed by atoms with Crippen LogP contribution in [0.1, 0.15) is 5.56 Å². The second kappa shape index (κ2) is 7.46. The van der Waals surface area contributed by atoms with Crippen LogP contribution in [0.2, 0.25) is 0 Å². The molecule has 0 atom stereocenters. The Balaban J connectivity index is 1.77. The summed E-state index contributed by atoms with van der Waals surface area (Å²) in [5.74, 6) is 0.618. The van der Waals surface area contributed by atoms with Gasteiger partial charge >= 0.3 is 0 Å². The van der Waals surface area contributed by atoms with Gasteiger partial charge in [-0.15, -0.1) is 11.3 Å². The fraction of sp³-hybridized carbons (Fsp3) is 0.235. The lowest BCUT2D eigenvalue weighted by Gasteiger charge is -2.09. The van der Waals surface area contributed by atoms with Crippen LogP contribution in [-0.4, -0.2) is 28.6 Å². The molecular formula is C17H18FN3O2S. The van der Waals surface area contributed by atoms with Crippen molar-refractivity contribution in [2.45, 2.75) is 13.1 Å². The molecule has 5 nitrogen and oxygen atoms in total. The summed E-state index contributed by atoms with van der Waals surface area (Å²) >= 11 is 1.61. The average molecular weight is 347 g/mol. The van der Waals surface area contributed by atoms with Crippen molar-refractivity contribution < 1.29 is 14.2 Å². The van der Waals surface area contributed by atoms with Crippen molar-refractivity contribution in [3.63, 3.8) is 0 Å². The maximum atomic E-state index is 13.8.